The highest BCUT2D eigenvalue weighted by Crippen LogP contribution is 2.30. The van der Waals surface area contributed by atoms with Crippen LogP contribution in [-0.2, 0) is 9.47 Å². The second-order valence-corrected chi connectivity index (χ2v) is 6.98. The van der Waals surface area contributed by atoms with Crippen molar-refractivity contribution in [2.75, 3.05) is 48.4 Å². The Morgan fingerprint density at radius 2 is 1.83 bits per heavy atom. The van der Waals surface area contributed by atoms with Crippen LogP contribution in [0.5, 0.6) is 0 Å². The van der Waals surface area contributed by atoms with Crippen LogP contribution >= 0.6 is 12.2 Å². The number of rotatable bonds is 5. The molecule has 9 nitrogen and oxygen atoms in total. The van der Waals surface area contributed by atoms with E-state index in [1.807, 2.05) is 12.1 Å². The van der Waals surface area contributed by atoms with Crippen molar-refractivity contribution in [3.05, 3.63) is 42.0 Å². The lowest BCUT2D eigenvalue weighted by Crippen LogP contribution is -2.36. The zero-order chi connectivity index (χ0) is 20.9. The number of esters is 1. The lowest BCUT2D eigenvalue weighted by Gasteiger charge is -2.28. The molecule has 0 amide bonds. The molecule has 1 saturated heterocycles. The summed E-state index contributed by atoms with van der Waals surface area (Å²) in [5, 5.41) is 14.7. The van der Waals surface area contributed by atoms with Crippen molar-refractivity contribution in [3.8, 4) is 0 Å². The second-order valence-electron chi connectivity index (χ2n) is 6.57. The summed E-state index contributed by atoms with van der Waals surface area (Å²) in [6.07, 6.45) is 0. The van der Waals surface area contributed by atoms with Gasteiger partial charge in [-0.15, -0.1) is 0 Å². The number of aromatic nitrogens is 2. The summed E-state index contributed by atoms with van der Waals surface area (Å²) >= 11 is 5.42. The first-order valence-electron chi connectivity index (χ1n) is 9.59. The van der Waals surface area contributed by atoms with Crippen molar-refractivity contribution >= 4 is 51.4 Å². The number of thiocarbonyl (C=S) groups is 1. The minimum absolute atomic E-state index is 0.336. The van der Waals surface area contributed by atoms with Gasteiger partial charge in [0.15, 0.2) is 16.1 Å². The van der Waals surface area contributed by atoms with Crippen molar-refractivity contribution in [2.24, 2.45) is 0 Å². The molecule has 4 rings (SSSR count). The van der Waals surface area contributed by atoms with Crippen LogP contribution in [0, 0.1) is 0 Å². The number of benzene rings is 2. The molecule has 0 saturated carbocycles. The largest absolute Gasteiger partial charge is 0.462 e. The van der Waals surface area contributed by atoms with Crippen LogP contribution in [0.1, 0.15) is 17.3 Å². The van der Waals surface area contributed by atoms with E-state index in [-0.39, 0.29) is 5.97 Å². The molecule has 2 N–H and O–H groups in total. The number of nitrogens with zero attached hydrogens (tertiary/aromatic N) is 3. The van der Waals surface area contributed by atoms with E-state index in [4.69, 9.17) is 26.3 Å². The molecule has 0 spiro atoms. The van der Waals surface area contributed by atoms with Gasteiger partial charge in [0.05, 0.1) is 36.8 Å². The van der Waals surface area contributed by atoms with E-state index in [1.54, 1.807) is 31.2 Å². The quantitative estimate of drug-likeness (QED) is 0.467. The third-order valence-electron chi connectivity index (χ3n) is 4.65. The standard InChI is InChI=1S/C20H21N5O4S/c1-2-28-19(26)13-3-5-14(6-4-13)21-20(30)22-15-7-8-16(18-17(15)23-29-24-18)25-9-11-27-12-10-25/h3-8H,2,9-12H2,1H3,(H2,21,22,30). The van der Waals surface area contributed by atoms with Crippen molar-refractivity contribution in [1.29, 1.82) is 0 Å². The van der Waals surface area contributed by atoms with Crippen LogP contribution in [0.4, 0.5) is 17.1 Å². The van der Waals surface area contributed by atoms with Crippen LogP contribution < -0.4 is 15.5 Å². The summed E-state index contributed by atoms with van der Waals surface area (Å²) in [7, 11) is 0. The molecule has 2 heterocycles. The predicted octanol–water partition coefficient (Wildman–Crippen LogP) is 3.05. The Labute approximate surface area is 178 Å². The van der Waals surface area contributed by atoms with E-state index in [2.05, 4.69) is 25.8 Å². The fourth-order valence-electron chi connectivity index (χ4n) is 3.20. The first-order valence-corrected chi connectivity index (χ1v) is 9.99. The molecule has 0 atom stereocenters. The molecule has 10 heteroatoms. The maximum absolute atomic E-state index is 11.7. The van der Waals surface area contributed by atoms with Gasteiger partial charge in [-0.05, 0) is 65.9 Å². The number of hydrogen-bond acceptors (Lipinski definition) is 8. The number of carbonyl (C=O) groups excluding carboxylic acids is 1. The van der Waals surface area contributed by atoms with Gasteiger partial charge in [-0.3, -0.25) is 0 Å². The van der Waals surface area contributed by atoms with Gasteiger partial charge in [0.25, 0.3) is 0 Å². The minimum atomic E-state index is -0.356. The lowest BCUT2D eigenvalue weighted by atomic mass is 10.2. The van der Waals surface area contributed by atoms with Gasteiger partial charge < -0.3 is 25.0 Å². The van der Waals surface area contributed by atoms with Crippen molar-refractivity contribution in [3.63, 3.8) is 0 Å². The van der Waals surface area contributed by atoms with Gasteiger partial charge >= 0.3 is 5.97 Å². The highest BCUT2D eigenvalue weighted by atomic mass is 32.1. The number of hydrogen-bond donors (Lipinski definition) is 2. The predicted molar refractivity (Wildman–Crippen MR) is 117 cm³/mol. The Morgan fingerprint density at radius 1 is 1.10 bits per heavy atom. The number of nitrogens with one attached hydrogen (secondary N) is 2. The Kier molecular flexibility index (Phi) is 6.05. The first kappa shape index (κ1) is 20.0. The maximum atomic E-state index is 11.7. The Bertz CT molecular complexity index is 1050. The Morgan fingerprint density at radius 3 is 2.57 bits per heavy atom. The molecule has 3 aromatic rings. The number of carbonyl (C=O) groups is 1. The number of fused-ring (bicyclic) bond motifs is 1. The van der Waals surface area contributed by atoms with E-state index in [9.17, 15) is 4.79 Å². The summed E-state index contributed by atoms with van der Waals surface area (Å²) in [6, 6.07) is 10.7. The third-order valence-corrected chi connectivity index (χ3v) is 4.85. The molecular formula is C20H21N5O4S. The highest BCUT2D eigenvalue weighted by Gasteiger charge is 2.19. The molecule has 2 aromatic carbocycles. The fourth-order valence-corrected chi connectivity index (χ4v) is 3.43. The summed E-state index contributed by atoms with van der Waals surface area (Å²) in [6.45, 7) is 5.04. The van der Waals surface area contributed by atoms with Gasteiger partial charge in [-0.2, -0.15) is 0 Å². The van der Waals surface area contributed by atoms with Gasteiger partial charge in [0.2, 0.25) is 0 Å². The summed E-state index contributed by atoms with van der Waals surface area (Å²) in [5.74, 6) is -0.356. The molecular weight excluding hydrogens is 406 g/mol. The summed E-state index contributed by atoms with van der Waals surface area (Å²) < 4.78 is 15.4. The minimum Gasteiger partial charge on any atom is -0.462 e. The molecule has 0 radical (unpaired) electrons. The number of anilines is 3. The summed E-state index contributed by atoms with van der Waals surface area (Å²) in [5.41, 5.74) is 4.12. The molecule has 30 heavy (non-hydrogen) atoms. The van der Waals surface area contributed by atoms with Crippen molar-refractivity contribution in [1.82, 2.24) is 10.3 Å². The van der Waals surface area contributed by atoms with E-state index >= 15 is 0 Å². The van der Waals surface area contributed by atoms with Crippen LogP contribution in [0.2, 0.25) is 0 Å². The highest BCUT2D eigenvalue weighted by molar-refractivity contribution is 7.80. The lowest BCUT2D eigenvalue weighted by molar-refractivity contribution is 0.0526. The van der Waals surface area contributed by atoms with Crippen LogP contribution in [0.15, 0.2) is 41.0 Å². The van der Waals surface area contributed by atoms with Crippen molar-refractivity contribution in [2.45, 2.75) is 6.92 Å². The summed E-state index contributed by atoms with van der Waals surface area (Å²) in [4.78, 5) is 13.9. The second kappa shape index (κ2) is 9.06. The van der Waals surface area contributed by atoms with Gasteiger partial charge in [-0.25, -0.2) is 9.42 Å². The van der Waals surface area contributed by atoms with Crippen molar-refractivity contribution < 1.29 is 18.9 Å². The van der Waals surface area contributed by atoms with Gasteiger partial charge in [-0.1, -0.05) is 0 Å². The zero-order valence-corrected chi connectivity index (χ0v) is 17.2. The van der Waals surface area contributed by atoms with Crippen LogP contribution in [-0.4, -0.2) is 54.3 Å². The first-order chi connectivity index (χ1) is 14.7. The molecule has 1 aliphatic heterocycles. The van der Waals surface area contributed by atoms with E-state index < -0.39 is 0 Å². The molecule has 1 aromatic heterocycles. The molecule has 0 bridgehead atoms. The average molecular weight is 427 g/mol. The Balaban J connectivity index is 1.46. The zero-order valence-electron chi connectivity index (χ0n) is 16.4. The van der Waals surface area contributed by atoms with Crippen LogP contribution in [0.3, 0.4) is 0 Å². The third kappa shape index (κ3) is 4.34. The SMILES string of the molecule is CCOC(=O)c1ccc(NC(=S)Nc2ccc(N3CCOCC3)c3nonc23)cc1. The number of morpholine rings is 1. The normalized spacial score (nSPS) is 13.8. The maximum Gasteiger partial charge on any atom is 0.338 e. The van der Waals surface area contributed by atoms with Gasteiger partial charge in [0.1, 0.15) is 0 Å². The smallest absolute Gasteiger partial charge is 0.338 e. The van der Waals surface area contributed by atoms with Gasteiger partial charge in [0, 0.05) is 18.8 Å². The molecule has 0 aliphatic carbocycles. The monoisotopic (exact) mass is 427 g/mol. The van der Waals surface area contributed by atoms with E-state index in [1.165, 1.54) is 0 Å². The van der Waals surface area contributed by atoms with E-state index in [0.29, 0.717) is 47.2 Å². The molecule has 1 aliphatic rings. The topological polar surface area (TPSA) is 102 Å². The number of ether oxygens (including phenoxy) is 2. The Hall–Kier alpha value is -3.24. The van der Waals surface area contributed by atoms with Crippen LogP contribution in [0.25, 0.3) is 11.0 Å². The molecule has 156 valence electrons. The average Bonchev–Trinajstić information content (AvgIpc) is 3.26. The molecule has 1 fully saturated rings. The molecule has 0 unspecified atom stereocenters. The fraction of sp³-hybridized carbons (Fsp3) is 0.300. The van der Waals surface area contributed by atoms with E-state index in [0.717, 1.165) is 24.5 Å².